The van der Waals surface area contributed by atoms with Gasteiger partial charge in [-0.2, -0.15) is 5.10 Å². The molecule has 3 rings (SSSR count). The van der Waals surface area contributed by atoms with Gasteiger partial charge in [0.05, 0.1) is 16.0 Å². The number of nitrogens with one attached hydrogen (secondary N) is 1. The van der Waals surface area contributed by atoms with Gasteiger partial charge in [0.2, 0.25) is 0 Å². The molecule has 3 aromatic rings. The third-order valence-corrected chi connectivity index (χ3v) is 4.96. The standard InChI is InChI=1S/C18H11ClFN3O3S/c19-14-6-1-11(9-15(14)23(25)26)10-21-22-18(24)17-8-7-16(27-17)12-2-4-13(20)5-3-12/h1-10H,(H,22,24)/b21-10-. The summed E-state index contributed by atoms with van der Waals surface area (Å²) in [6.45, 7) is 0. The number of benzene rings is 2. The number of hydrogen-bond acceptors (Lipinski definition) is 5. The van der Waals surface area contributed by atoms with Crippen LogP contribution in [-0.2, 0) is 0 Å². The molecule has 1 amide bonds. The van der Waals surface area contributed by atoms with Crippen molar-refractivity contribution in [3.63, 3.8) is 0 Å². The van der Waals surface area contributed by atoms with Gasteiger partial charge in [0.15, 0.2) is 0 Å². The van der Waals surface area contributed by atoms with Crippen LogP contribution in [0.25, 0.3) is 10.4 Å². The predicted molar refractivity (Wildman–Crippen MR) is 103 cm³/mol. The number of thiophene rings is 1. The van der Waals surface area contributed by atoms with Gasteiger partial charge in [0.25, 0.3) is 11.6 Å². The largest absolute Gasteiger partial charge is 0.288 e. The van der Waals surface area contributed by atoms with Gasteiger partial charge < -0.3 is 0 Å². The number of nitro benzene ring substituents is 1. The van der Waals surface area contributed by atoms with Gasteiger partial charge in [-0.25, -0.2) is 9.82 Å². The first kappa shape index (κ1) is 18.7. The highest BCUT2D eigenvalue weighted by molar-refractivity contribution is 7.17. The van der Waals surface area contributed by atoms with Crippen molar-refractivity contribution in [2.75, 3.05) is 0 Å². The molecule has 0 spiro atoms. The lowest BCUT2D eigenvalue weighted by molar-refractivity contribution is -0.384. The Morgan fingerprint density at radius 2 is 1.93 bits per heavy atom. The van der Waals surface area contributed by atoms with Crippen molar-refractivity contribution in [1.82, 2.24) is 5.43 Å². The zero-order valence-corrected chi connectivity index (χ0v) is 15.1. The zero-order valence-electron chi connectivity index (χ0n) is 13.6. The summed E-state index contributed by atoms with van der Waals surface area (Å²) in [5.41, 5.74) is 3.35. The van der Waals surface area contributed by atoms with Gasteiger partial charge in [-0.3, -0.25) is 14.9 Å². The van der Waals surface area contributed by atoms with Crippen molar-refractivity contribution in [3.8, 4) is 10.4 Å². The van der Waals surface area contributed by atoms with Crippen LogP contribution in [0, 0.1) is 15.9 Å². The first-order chi connectivity index (χ1) is 12.9. The van der Waals surface area contributed by atoms with E-state index in [-0.39, 0.29) is 16.5 Å². The van der Waals surface area contributed by atoms with Gasteiger partial charge >= 0.3 is 0 Å². The molecule has 6 nitrogen and oxygen atoms in total. The third kappa shape index (κ3) is 4.55. The Labute approximate surface area is 162 Å². The van der Waals surface area contributed by atoms with E-state index in [4.69, 9.17) is 11.6 Å². The molecule has 0 aliphatic rings. The topological polar surface area (TPSA) is 84.6 Å². The maximum absolute atomic E-state index is 13.0. The van der Waals surface area contributed by atoms with Crippen LogP contribution in [0.1, 0.15) is 15.2 Å². The van der Waals surface area contributed by atoms with Gasteiger partial charge in [0, 0.05) is 16.5 Å². The van der Waals surface area contributed by atoms with Crippen molar-refractivity contribution in [2.45, 2.75) is 0 Å². The minimum atomic E-state index is -0.596. The Bertz CT molecular complexity index is 1030. The Morgan fingerprint density at radius 1 is 1.19 bits per heavy atom. The summed E-state index contributed by atoms with van der Waals surface area (Å²) in [4.78, 5) is 23.7. The summed E-state index contributed by atoms with van der Waals surface area (Å²) in [7, 11) is 0. The summed E-state index contributed by atoms with van der Waals surface area (Å²) in [5.74, 6) is -0.752. The monoisotopic (exact) mass is 403 g/mol. The van der Waals surface area contributed by atoms with Crippen LogP contribution < -0.4 is 5.43 Å². The maximum atomic E-state index is 13.0. The quantitative estimate of drug-likeness (QED) is 0.374. The smallest absolute Gasteiger partial charge is 0.266 e. The first-order valence-corrected chi connectivity index (χ1v) is 8.76. The molecule has 0 unspecified atom stereocenters. The molecular formula is C18H11ClFN3O3S. The SMILES string of the molecule is O=C(N/N=C\c1ccc(Cl)c([N+](=O)[O-])c1)c1ccc(-c2ccc(F)cc2)s1. The fourth-order valence-corrected chi connectivity index (χ4v) is 3.29. The van der Waals surface area contributed by atoms with Gasteiger partial charge in [-0.15, -0.1) is 11.3 Å². The first-order valence-electron chi connectivity index (χ1n) is 7.57. The molecule has 0 fully saturated rings. The highest BCUT2D eigenvalue weighted by atomic mass is 35.5. The fraction of sp³-hybridized carbons (Fsp3) is 0. The van der Waals surface area contributed by atoms with Gasteiger partial charge in [0.1, 0.15) is 10.8 Å². The van der Waals surface area contributed by atoms with E-state index in [1.165, 1.54) is 41.8 Å². The minimum absolute atomic E-state index is 0.0214. The number of nitro groups is 1. The molecule has 1 aromatic heterocycles. The van der Waals surface area contributed by atoms with E-state index in [0.717, 1.165) is 10.4 Å². The van der Waals surface area contributed by atoms with Crippen molar-refractivity contribution in [1.29, 1.82) is 0 Å². The van der Waals surface area contributed by atoms with Crippen LogP contribution >= 0.6 is 22.9 Å². The predicted octanol–water partition coefficient (Wildman–Crippen LogP) is 4.88. The van der Waals surface area contributed by atoms with E-state index in [2.05, 4.69) is 10.5 Å². The second-order valence-electron chi connectivity index (χ2n) is 5.34. The Kier molecular flexibility index (Phi) is 5.58. The Morgan fingerprint density at radius 3 is 2.63 bits per heavy atom. The molecule has 0 bridgehead atoms. The number of rotatable bonds is 5. The van der Waals surface area contributed by atoms with Gasteiger partial charge in [-0.1, -0.05) is 29.8 Å². The number of halogens is 2. The van der Waals surface area contributed by atoms with E-state index in [1.807, 2.05) is 0 Å². The number of carbonyl (C=O) groups is 1. The molecule has 1 N–H and O–H groups in total. The van der Waals surface area contributed by atoms with E-state index >= 15 is 0 Å². The molecule has 136 valence electrons. The van der Waals surface area contributed by atoms with Crippen LogP contribution in [-0.4, -0.2) is 17.0 Å². The average molecular weight is 404 g/mol. The number of hydrazone groups is 1. The van der Waals surface area contributed by atoms with E-state index in [9.17, 15) is 19.3 Å². The molecule has 0 atom stereocenters. The number of hydrogen-bond donors (Lipinski definition) is 1. The van der Waals surface area contributed by atoms with Crippen molar-refractivity contribution < 1.29 is 14.1 Å². The van der Waals surface area contributed by atoms with Crippen LogP contribution in [0.2, 0.25) is 5.02 Å². The van der Waals surface area contributed by atoms with E-state index < -0.39 is 10.8 Å². The normalized spacial score (nSPS) is 10.9. The lowest BCUT2D eigenvalue weighted by atomic mass is 10.2. The summed E-state index contributed by atoms with van der Waals surface area (Å²) in [5, 5.41) is 14.7. The molecule has 0 saturated heterocycles. The summed E-state index contributed by atoms with van der Waals surface area (Å²) in [6.07, 6.45) is 1.29. The number of nitrogens with zero attached hydrogens (tertiary/aromatic N) is 2. The van der Waals surface area contributed by atoms with Crippen molar-refractivity contribution in [2.24, 2.45) is 5.10 Å². The second kappa shape index (κ2) is 8.07. The summed E-state index contributed by atoms with van der Waals surface area (Å²) >= 11 is 6.98. The molecule has 9 heteroatoms. The summed E-state index contributed by atoms with van der Waals surface area (Å²) in [6, 6.07) is 13.6. The molecule has 27 heavy (non-hydrogen) atoms. The van der Waals surface area contributed by atoms with E-state index in [0.29, 0.717) is 10.4 Å². The summed E-state index contributed by atoms with van der Waals surface area (Å²) < 4.78 is 13.0. The van der Waals surface area contributed by atoms with Crippen LogP contribution in [0.15, 0.2) is 59.7 Å². The highest BCUT2D eigenvalue weighted by Gasteiger charge is 2.12. The lowest BCUT2D eigenvalue weighted by Gasteiger charge is -1.98. The average Bonchev–Trinajstić information content (AvgIpc) is 3.13. The molecular weight excluding hydrogens is 393 g/mol. The van der Waals surface area contributed by atoms with Crippen molar-refractivity contribution in [3.05, 3.63) is 86.0 Å². The molecule has 0 aliphatic carbocycles. The minimum Gasteiger partial charge on any atom is -0.266 e. The molecule has 2 aromatic carbocycles. The Hall–Kier alpha value is -3.10. The number of carbonyl (C=O) groups excluding carboxylic acids is 1. The second-order valence-corrected chi connectivity index (χ2v) is 6.83. The molecule has 0 saturated carbocycles. The maximum Gasteiger partial charge on any atom is 0.288 e. The molecule has 1 heterocycles. The van der Waals surface area contributed by atoms with Crippen LogP contribution in [0.3, 0.4) is 0 Å². The highest BCUT2D eigenvalue weighted by Crippen LogP contribution is 2.28. The third-order valence-electron chi connectivity index (χ3n) is 3.51. The lowest BCUT2D eigenvalue weighted by Crippen LogP contribution is -2.16. The van der Waals surface area contributed by atoms with Crippen LogP contribution in [0.5, 0.6) is 0 Å². The molecule has 0 aliphatic heterocycles. The number of amides is 1. The zero-order chi connectivity index (χ0) is 19.4. The van der Waals surface area contributed by atoms with Crippen LogP contribution in [0.4, 0.5) is 10.1 Å². The van der Waals surface area contributed by atoms with E-state index in [1.54, 1.807) is 30.3 Å². The van der Waals surface area contributed by atoms with Gasteiger partial charge in [-0.05, 0) is 35.9 Å². The molecule has 0 radical (unpaired) electrons. The van der Waals surface area contributed by atoms with Crippen molar-refractivity contribution >= 4 is 40.7 Å². The fourth-order valence-electron chi connectivity index (χ4n) is 2.20. The Balaban J connectivity index is 1.68.